The van der Waals surface area contributed by atoms with Crippen LogP contribution < -0.4 is 20.1 Å². The summed E-state index contributed by atoms with van der Waals surface area (Å²) in [6.45, 7) is 6.65. The molecule has 2 N–H and O–H groups in total. The van der Waals surface area contributed by atoms with E-state index in [1.807, 2.05) is 31.9 Å². The van der Waals surface area contributed by atoms with Crippen molar-refractivity contribution >= 4 is 29.1 Å². The highest BCUT2D eigenvalue weighted by Crippen LogP contribution is 2.36. The number of ether oxygens (including phenoxy) is 2. The second kappa shape index (κ2) is 13.1. The number of rotatable bonds is 9. The Morgan fingerprint density at radius 2 is 1.66 bits per heavy atom. The Bertz CT molecular complexity index is 1640. The molecule has 1 aliphatic heterocycles. The highest BCUT2D eigenvalue weighted by atomic mass is 16.5. The molecule has 1 aliphatic rings. The summed E-state index contributed by atoms with van der Waals surface area (Å²) in [4.78, 5) is 48.5. The molecule has 44 heavy (non-hydrogen) atoms. The average Bonchev–Trinajstić information content (AvgIpc) is 3.48. The Labute approximate surface area is 256 Å². The quantitative estimate of drug-likeness (QED) is 0.300. The summed E-state index contributed by atoms with van der Waals surface area (Å²) in [6.07, 6.45) is 3.33. The van der Waals surface area contributed by atoms with Gasteiger partial charge in [0, 0.05) is 61.5 Å². The van der Waals surface area contributed by atoms with Gasteiger partial charge in [-0.25, -0.2) is 9.50 Å². The van der Waals surface area contributed by atoms with Crippen LogP contribution in [0.25, 0.3) is 16.8 Å². The fraction of sp³-hybridized carbons (Fsp3) is 0.344. The molecule has 4 aromatic rings. The van der Waals surface area contributed by atoms with E-state index in [9.17, 15) is 14.4 Å². The van der Waals surface area contributed by atoms with Crippen molar-refractivity contribution in [3.63, 3.8) is 0 Å². The maximum atomic E-state index is 13.6. The van der Waals surface area contributed by atoms with E-state index in [2.05, 4.69) is 25.6 Å². The number of hydrogen-bond acceptors (Lipinski definition) is 8. The van der Waals surface area contributed by atoms with Crippen LogP contribution in [-0.4, -0.2) is 95.6 Å². The van der Waals surface area contributed by atoms with Crippen molar-refractivity contribution in [1.82, 2.24) is 29.7 Å². The summed E-state index contributed by atoms with van der Waals surface area (Å²) < 4.78 is 12.4. The summed E-state index contributed by atoms with van der Waals surface area (Å²) in [5.41, 5.74) is 2.76. The third-order valence-corrected chi connectivity index (χ3v) is 7.73. The highest BCUT2D eigenvalue weighted by molar-refractivity contribution is 6.07. The summed E-state index contributed by atoms with van der Waals surface area (Å²) in [6, 6.07) is 13.0. The molecule has 3 amide bonds. The smallest absolute Gasteiger partial charge is 0.276 e. The summed E-state index contributed by atoms with van der Waals surface area (Å²) >= 11 is 0. The molecule has 0 aliphatic carbocycles. The van der Waals surface area contributed by atoms with Crippen LogP contribution in [0.4, 0.5) is 5.69 Å². The number of carbonyl (C=O) groups excluding carboxylic acids is 3. The van der Waals surface area contributed by atoms with E-state index < -0.39 is 17.9 Å². The molecule has 0 radical (unpaired) electrons. The molecule has 2 aromatic heterocycles. The molecule has 0 spiro atoms. The molecule has 5 rings (SSSR count). The van der Waals surface area contributed by atoms with E-state index in [1.54, 1.807) is 62.0 Å². The van der Waals surface area contributed by atoms with E-state index in [4.69, 9.17) is 9.47 Å². The van der Waals surface area contributed by atoms with E-state index in [0.29, 0.717) is 52.6 Å². The Hall–Kier alpha value is -4.97. The largest absolute Gasteiger partial charge is 0.493 e. The molecular formula is C32H37N7O5. The Kier molecular flexibility index (Phi) is 9.09. The second-order valence-electron chi connectivity index (χ2n) is 11.1. The predicted molar refractivity (Wildman–Crippen MR) is 166 cm³/mol. The first kappa shape index (κ1) is 30.5. The fourth-order valence-corrected chi connectivity index (χ4v) is 5.13. The molecule has 0 bridgehead atoms. The highest BCUT2D eigenvalue weighted by Gasteiger charge is 2.30. The third kappa shape index (κ3) is 6.50. The van der Waals surface area contributed by atoms with Gasteiger partial charge in [-0.2, -0.15) is 5.10 Å². The maximum absolute atomic E-state index is 13.6. The monoisotopic (exact) mass is 599 g/mol. The lowest BCUT2D eigenvalue weighted by atomic mass is 9.98. The zero-order valence-corrected chi connectivity index (χ0v) is 25.5. The van der Waals surface area contributed by atoms with Crippen molar-refractivity contribution < 1.29 is 23.9 Å². The van der Waals surface area contributed by atoms with Crippen LogP contribution in [0, 0.1) is 5.92 Å². The fourth-order valence-electron chi connectivity index (χ4n) is 5.13. The van der Waals surface area contributed by atoms with Crippen LogP contribution in [-0.2, 0) is 4.79 Å². The Morgan fingerprint density at radius 1 is 0.909 bits per heavy atom. The molecule has 12 heteroatoms. The van der Waals surface area contributed by atoms with E-state index in [0.717, 1.165) is 13.1 Å². The number of benzene rings is 2. The van der Waals surface area contributed by atoms with Gasteiger partial charge in [-0.15, -0.1) is 0 Å². The summed E-state index contributed by atoms with van der Waals surface area (Å²) in [5.74, 6) is -0.0112. The van der Waals surface area contributed by atoms with Crippen LogP contribution in [0.15, 0.2) is 60.9 Å². The molecule has 1 atom stereocenters. The molecule has 230 valence electrons. The van der Waals surface area contributed by atoms with E-state index in [-0.39, 0.29) is 17.5 Å². The second-order valence-corrected chi connectivity index (χ2v) is 11.1. The SMILES string of the molecule is COc1ccc(-c2cc(C(=O)N[C@H](C(=O)N3CCN(C)CC3)C(C)C)ccc2NC(=O)c2cc3ncccn3n2)cc1OC. The molecule has 3 heterocycles. The average molecular weight is 600 g/mol. The van der Waals surface area contributed by atoms with Crippen molar-refractivity contribution in [3.05, 3.63) is 72.2 Å². The van der Waals surface area contributed by atoms with Gasteiger partial charge in [0.05, 0.1) is 14.2 Å². The number of anilines is 1. The first-order valence-electron chi connectivity index (χ1n) is 14.4. The van der Waals surface area contributed by atoms with Gasteiger partial charge in [-0.05, 0) is 54.9 Å². The van der Waals surface area contributed by atoms with Gasteiger partial charge in [-0.1, -0.05) is 19.9 Å². The summed E-state index contributed by atoms with van der Waals surface area (Å²) in [7, 11) is 5.11. The first-order chi connectivity index (χ1) is 21.2. The number of piperazine rings is 1. The van der Waals surface area contributed by atoms with Crippen molar-refractivity contribution in [2.75, 3.05) is 52.8 Å². The normalized spacial score (nSPS) is 14.4. The van der Waals surface area contributed by atoms with Crippen LogP contribution in [0.5, 0.6) is 11.5 Å². The standard InChI is InChI=1S/C32H37N7O5/c1-20(2)29(32(42)38-15-13-37(3)14-16-38)35-30(40)22-7-9-24(23(17-22)21-8-10-26(43-4)27(18-21)44-5)34-31(41)25-19-28-33-11-6-12-39(28)36-25/h6-12,17-20,29H,13-16H2,1-5H3,(H,34,41)(H,35,40)/t29-/m0/s1. The van der Waals surface area contributed by atoms with Crippen LogP contribution in [0.1, 0.15) is 34.7 Å². The van der Waals surface area contributed by atoms with Crippen LogP contribution >= 0.6 is 0 Å². The summed E-state index contributed by atoms with van der Waals surface area (Å²) in [5, 5.41) is 10.2. The molecule has 0 unspecified atom stereocenters. The molecular weight excluding hydrogens is 562 g/mol. The molecule has 2 aromatic carbocycles. The van der Waals surface area contributed by atoms with Gasteiger partial charge in [0.2, 0.25) is 5.91 Å². The number of amides is 3. The van der Waals surface area contributed by atoms with Crippen LogP contribution in [0.3, 0.4) is 0 Å². The number of methoxy groups -OCH3 is 2. The molecule has 1 saturated heterocycles. The number of carbonyl (C=O) groups is 3. The van der Waals surface area contributed by atoms with E-state index >= 15 is 0 Å². The number of likely N-dealkylation sites (N-methyl/N-ethyl adjacent to an activating group) is 1. The molecule has 0 saturated carbocycles. The lowest BCUT2D eigenvalue weighted by Crippen LogP contribution is -2.55. The molecule has 12 nitrogen and oxygen atoms in total. The van der Waals surface area contributed by atoms with Gasteiger partial charge in [0.15, 0.2) is 22.8 Å². The Morgan fingerprint density at radius 3 is 2.34 bits per heavy atom. The number of hydrogen-bond donors (Lipinski definition) is 2. The lowest BCUT2D eigenvalue weighted by Gasteiger charge is -2.35. The van der Waals surface area contributed by atoms with Gasteiger partial charge in [-0.3, -0.25) is 14.4 Å². The van der Waals surface area contributed by atoms with Gasteiger partial charge in [0.25, 0.3) is 11.8 Å². The van der Waals surface area contributed by atoms with Gasteiger partial charge in [0.1, 0.15) is 6.04 Å². The number of aromatic nitrogens is 3. The number of fused-ring (bicyclic) bond motifs is 1. The predicted octanol–water partition coefficient (Wildman–Crippen LogP) is 3.19. The van der Waals surface area contributed by atoms with Crippen molar-refractivity contribution in [1.29, 1.82) is 0 Å². The van der Waals surface area contributed by atoms with Crippen molar-refractivity contribution in [3.8, 4) is 22.6 Å². The van der Waals surface area contributed by atoms with Crippen LogP contribution in [0.2, 0.25) is 0 Å². The lowest BCUT2D eigenvalue weighted by molar-refractivity contribution is -0.135. The van der Waals surface area contributed by atoms with Crippen molar-refractivity contribution in [2.24, 2.45) is 5.92 Å². The zero-order chi connectivity index (χ0) is 31.4. The maximum Gasteiger partial charge on any atom is 0.276 e. The molecule has 1 fully saturated rings. The topological polar surface area (TPSA) is 130 Å². The first-order valence-corrected chi connectivity index (χ1v) is 14.4. The minimum atomic E-state index is -0.682. The van der Waals surface area contributed by atoms with Gasteiger partial charge >= 0.3 is 0 Å². The van der Waals surface area contributed by atoms with E-state index in [1.165, 1.54) is 11.6 Å². The Balaban J connectivity index is 1.46. The minimum Gasteiger partial charge on any atom is -0.493 e. The number of nitrogens with zero attached hydrogens (tertiary/aromatic N) is 5. The zero-order valence-electron chi connectivity index (χ0n) is 25.5. The minimum absolute atomic E-state index is 0.0904. The van der Waals surface area contributed by atoms with Gasteiger partial charge < -0.3 is 29.9 Å². The van der Waals surface area contributed by atoms with Crippen molar-refractivity contribution in [2.45, 2.75) is 19.9 Å². The third-order valence-electron chi connectivity index (χ3n) is 7.73. The number of nitrogens with one attached hydrogen (secondary N) is 2.